The van der Waals surface area contributed by atoms with Crippen molar-refractivity contribution in [3.63, 3.8) is 0 Å². The molecule has 1 atom stereocenters. The normalized spacial score (nSPS) is 21.4. The summed E-state index contributed by atoms with van der Waals surface area (Å²) in [6, 6.07) is 7.09. The van der Waals surface area contributed by atoms with Crippen LogP contribution in [0.4, 0.5) is 10.1 Å². The van der Waals surface area contributed by atoms with Crippen molar-refractivity contribution >= 4 is 5.69 Å². The van der Waals surface area contributed by atoms with E-state index in [1.165, 1.54) is 37.8 Å². The van der Waals surface area contributed by atoms with Gasteiger partial charge in [0, 0.05) is 18.3 Å². The van der Waals surface area contributed by atoms with E-state index in [4.69, 9.17) is 0 Å². The Labute approximate surface area is 96.2 Å². The molecule has 1 aliphatic heterocycles. The zero-order valence-corrected chi connectivity index (χ0v) is 9.51. The van der Waals surface area contributed by atoms with Crippen LogP contribution in [0, 0.1) is 5.82 Å². The van der Waals surface area contributed by atoms with Gasteiger partial charge in [-0.1, -0.05) is 12.8 Å². The van der Waals surface area contributed by atoms with Gasteiger partial charge >= 0.3 is 0 Å². The lowest BCUT2D eigenvalue weighted by Gasteiger charge is -2.17. The fraction of sp³-hybridized carbons (Fsp3) is 0.538. The molecule has 1 aliphatic rings. The van der Waals surface area contributed by atoms with Crippen molar-refractivity contribution in [3.05, 3.63) is 30.1 Å². The first-order valence-electron chi connectivity index (χ1n) is 6.07. The highest BCUT2D eigenvalue weighted by Gasteiger charge is 2.10. The topological polar surface area (TPSA) is 24.1 Å². The number of halogens is 1. The van der Waals surface area contributed by atoms with Crippen LogP contribution in [0.2, 0.25) is 0 Å². The Morgan fingerprint density at radius 2 is 2.00 bits per heavy atom. The predicted octanol–water partition coefficient (Wildman–Crippen LogP) is 2.77. The van der Waals surface area contributed by atoms with Gasteiger partial charge in [-0.2, -0.15) is 0 Å². The van der Waals surface area contributed by atoms with E-state index in [1.54, 1.807) is 12.1 Å². The number of benzene rings is 1. The summed E-state index contributed by atoms with van der Waals surface area (Å²) in [6.07, 6.45) is 5.16. The lowest BCUT2D eigenvalue weighted by molar-refractivity contribution is 0.530. The number of anilines is 1. The summed E-state index contributed by atoms with van der Waals surface area (Å²) in [5, 5.41) is 6.87. The SMILES string of the molecule is Fc1ccc(NCC2CCCCCN2)cc1. The molecule has 3 heteroatoms. The first-order chi connectivity index (χ1) is 7.84. The van der Waals surface area contributed by atoms with Gasteiger partial charge in [-0.25, -0.2) is 4.39 Å². The quantitative estimate of drug-likeness (QED) is 0.821. The smallest absolute Gasteiger partial charge is 0.123 e. The monoisotopic (exact) mass is 222 g/mol. The van der Waals surface area contributed by atoms with Crippen LogP contribution in [0.3, 0.4) is 0 Å². The molecule has 1 fully saturated rings. The fourth-order valence-electron chi connectivity index (χ4n) is 2.08. The lowest BCUT2D eigenvalue weighted by atomic mass is 10.1. The lowest BCUT2D eigenvalue weighted by Crippen LogP contribution is -2.34. The van der Waals surface area contributed by atoms with Crippen LogP contribution in [0.15, 0.2) is 24.3 Å². The maximum atomic E-state index is 12.7. The van der Waals surface area contributed by atoms with Crippen LogP contribution in [-0.4, -0.2) is 19.1 Å². The van der Waals surface area contributed by atoms with Crippen LogP contribution < -0.4 is 10.6 Å². The van der Waals surface area contributed by atoms with Crippen LogP contribution in [0.25, 0.3) is 0 Å². The Hall–Kier alpha value is -1.09. The molecular weight excluding hydrogens is 203 g/mol. The van der Waals surface area contributed by atoms with Crippen molar-refractivity contribution in [2.75, 3.05) is 18.4 Å². The van der Waals surface area contributed by atoms with Gasteiger partial charge in [0.1, 0.15) is 5.82 Å². The number of rotatable bonds is 3. The zero-order chi connectivity index (χ0) is 11.2. The van der Waals surface area contributed by atoms with Gasteiger partial charge in [-0.15, -0.1) is 0 Å². The zero-order valence-electron chi connectivity index (χ0n) is 9.51. The van der Waals surface area contributed by atoms with E-state index in [2.05, 4.69) is 10.6 Å². The molecule has 0 spiro atoms. The number of hydrogen-bond donors (Lipinski definition) is 2. The second-order valence-corrected chi connectivity index (χ2v) is 4.39. The van der Waals surface area contributed by atoms with Gasteiger partial charge in [-0.3, -0.25) is 0 Å². The first-order valence-corrected chi connectivity index (χ1v) is 6.07. The summed E-state index contributed by atoms with van der Waals surface area (Å²) >= 11 is 0. The molecule has 1 aromatic rings. The Balaban J connectivity index is 1.79. The highest BCUT2D eigenvalue weighted by molar-refractivity contribution is 5.42. The maximum absolute atomic E-state index is 12.7. The molecule has 0 aliphatic carbocycles. The summed E-state index contributed by atoms with van der Waals surface area (Å²) in [5.74, 6) is -0.182. The second-order valence-electron chi connectivity index (χ2n) is 4.39. The molecule has 0 saturated carbocycles. The van der Waals surface area contributed by atoms with E-state index >= 15 is 0 Å². The molecule has 1 aromatic carbocycles. The number of hydrogen-bond acceptors (Lipinski definition) is 2. The van der Waals surface area contributed by atoms with Gasteiger partial charge < -0.3 is 10.6 Å². The van der Waals surface area contributed by atoms with Crippen molar-refractivity contribution in [2.24, 2.45) is 0 Å². The molecule has 0 radical (unpaired) electrons. The van der Waals surface area contributed by atoms with Crippen molar-refractivity contribution in [1.29, 1.82) is 0 Å². The molecule has 2 nitrogen and oxygen atoms in total. The van der Waals surface area contributed by atoms with Gasteiger partial charge in [-0.05, 0) is 43.7 Å². The minimum absolute atomic E-state index is 0.182. The average Bonchev–Trinajstić information content (AvgIpc) is 2.57. The van der Waals surface area contributed by atoms with Crippen LogP contribution in [0.1, 0.15) is 25.7 Å². The third kappa shape index (κ3) is 3.49. The van der Waals surface area contributed by atoms with E-state index in [0.29, 0.717) is 6.04 Å². The van der Waals surface area contributed by atoms with E-state index in [0.717, 1.165) is 18.8 Å². The summed E-state index contributed by atoms with van der Waals surface area (Å²) in [7, 11) is 0. The van der Waals surface area contributed by atoms with Crippen molar-refractivity contribution in [3.8, 4) is 0 Å². The van der Waals surface area contributed by atoms with E-state index in [9.17, 15) is 4.39 Å². The standard InChI is InChI=1S/C13H19FN2/c14-11-5-7-12(8-6-11)16-10-13-4-2-1-3-9-15-13/h5-8,13,15-16H,1-4,9-10H2. The number of nitrogens with one attached hydrogen (secondary N) is 2. The molecule has 0 bridgehead atoms. The van der Waals surface area contributed by atoms with Gasteiger partial charge in [0.15, 0.2) is 0 Å². The third-order valence-corrected chi connectivity index (χ3v) is 3.06. The molecule has 88 valence electrons. The Kier molecular flexibility index (Phi) is 4.17. The molecule has 1 heterocycles. The molecule has 16 heavy (non-hydrogen) atoms. The predicted molar refractivity (Wildman–Crippen MR) is 65.1 cm³/mol. The van der Waals surface area contributed by atoms with Crippen LogP contribution >= 0.6 is 0 Å². The summed E-state index contributed by atoms with van der Waals surface area (Å²) in [6.45, 7) is 2.04. The maximum Gasteiger partial charge on any atom is 0.123 e. The van der Waals surface area contributed by atoms with Gasteiger partial charge in [0.25, 0.3) is 0 Å². The summed E-state index contributed by atoms with van der Waals surface area (Å²) in [5.41, 5.74) is 0.993. The van der Waals surface area contributed by atoms with Crippen molar-refractivity contribution < 1.29 is 4.39 Å². The average molecular weight is 222 g/mol. The highest BCUT2D eigenvalue weighted by Crippen LogP contribution is 2.11. The summed E-state index contributed by atoms with van der Waals surface area (Å²) in [4.78, 5) is 0. The third-order valence-electron chi connectivity index (χ3n) is 3.06. The van der Waals surface area contributed by atoms with Crippen LogP contribution in [-0.2, 0) is 0 Å². The Morgan fingerprint density at radius 1 is 1.19 bits per heavy atom. The highest BCUT2D eigenvalue weighted by atomic mass is 19.1. The van der Waals surface area contributed by atoms with Gasteiger partial charge in [0.2, 0.25) is 0 Å². The largest absolute Gasteiger partial charge is 0.383 e. The molecular formula is C13H19FN2. The van der Waals surface area contributed by atoms with Crippen molar-refractivity contribution in [1.82, 2.24) is 5.32 Å². The van der Waals surface area contributed by atoms with Crippen LogP contribution in [0.5, 0.6) is 0 Å². The minimum atomic E-state index is -0.182. The molecule has 1 saturated heterocycles. The van der Waals surface area contributed by atoms with E-state index < -0.39 is 0 Å². The second kappa shape index (κ2) is 5.85. The fourth-order valence-corrected chi connectivity index (χ4v) is 2.08. The Morgan fingerprint density at radius 3 is 2.81 bits per heavy atom. The molecule has 0 amide bonds. The van der Waals surface area contributed by atoms with Crippen molar-refractivity contribution in [2.45, 2.75) is 31.7 Å². The molecule has 2 N–H and O–H groups in total. The first kappa shape index (κ1) is 11.4. The Bertz CT molecular complexity index is 302. The van der Waals surface area contributed by atoms with Gasteiger partial charge in [0.05, 0.1) is 0 Å². The molecule has 1 unspecified atom stereocenters. The minimum Gasteiger partial charge on any atom is -0.383 e. The molecule has 0 aromatic heterocycles. The summed E-state index contributed by atoms with van der Waals surface area (Å²) < 4.78 is 12.7. The molecule has 2 rings (SSSR count). The van der Waals surface area contributed by atoms with E-state index in [-0.39, 0.29) is 5.82 Å². The van der Waals surface area contributed by atoms with E-state index in [1.807, 2.05) is 0 Å².